The Morgan fingerprint density at radius 2 is 1.84 bits per heavy atom. The number of aryl methyl sites for hydroxylation is 2. The van der Waals surface area contributed by atoms with Crippen molar-refractivity contribution >= 4 is 16.9 Å². The normalized spacial score (nSPS) is 11.0. The highest BCUT2D eigenvalue weighted by Gasteiger charge is 2.12. The lowest BCUT2D eigenvalue weighted by Crippen LogP contribution is -2.24. The Balaban J connectivity index is 1.76. The van der Waals surface area contributed by atoms with Gasteiger partial charge in [0.15, 0.2) is 0 Å². The van der Waals surface area contributed by atoms with Gasteiger partial charge < -0.3 is 9.88 Å². The molecule has 0 aliphatic rings. The van der Waals surface area contributed by atoms with Crippen LogP contribution in [0.2, 0.25) is 0 Å². The van der Waals surface area contributed by atoms with Crippen LogP contribution in [-0.2, 0) is 13.1 Å². The van der Waals surface area contributed by atoms with Crippen molar-refractivity contribution in [1.82, 2.24) is 14.9 Å². The molecule has 4 heteroatoms. The van der Waals surface area contributed by atoms with Crippen LogP contribution in [0.5, 0.6) is 0 Å². The van der Waals surface area contributed by atoms with Crippen molar-refractivity contribution in [2.24, 2.45) is 0 Å². The van der Waals surface area contributed by atoms with Gasteiger partial charge in [-0.3, -0.25) is 4.79 Å². The Morgan fingerprint density at radius 3 is 2.60 bits per heavy atom. The van der Waals surface area contributed by atoms with Crippen molar-refractivity contribution in [2.45, 2.75) is 46.2 Å². The number of imidazole rings is 1. The highest BCUT2D eigenvalue weighted by atomic mass is 16.1. The summed E-state index contributed by atoms with van der Waals surface area (Å²) in [6.45, 7) is 5.59. The number of para-hydroxylation sites is 2. The topological polar surface area (TPSA) is 46.9 Å². The zero-order valence-corrected chi connectivity index (χ0v) is 15.0. The summed E-state index contributed by atoms with van der Waals surface area (Å²) in [6, 6.07) is 15.8. The first-order valence-electron chi connectivity index (χ1n) is 8.98. The molecule has 130 valence electrons. The fourth-order valence-electron chi connectivity index (χ4n) is 3.00. The van der Waals surface area contributed by atoms with Crippen LogP contribution in [0.3, 0.4) is 0 Å². The van der Waals surface area contributed by atoms with Crippen molar-refractivity contribution in [3.05, 3.63) is 65.5 Å². The minimum atomic E-state index is -0.0628. The number of unbranched alkanes of at least 4 members (excludes halogenated alkanes) is 2. The van der Waals surface area contributed by atoms with Crippen molar-refractivity contribution in [3.8, 4) is 0 Å². The maximum absolute atomic E-state index is 12.4. The molecule has 0 aliphatic carbocycles. The number of aromatic nitrogens is 2. The van der Waals surface area contributed by atoms with E-state index in [4.69, 9.17) is 4.98 Å². The SMILES string of the molecule is CCCCCn1c(CNC(=O)c2ccc(C)cc2)nc2ccccc21. The van der Waals surface area contributed by atoms with E-state index in [0.717, 1.165) is 35.4 Å². The molecule has 0 radical (unpaired) electrons. The van der Waals surface area contributed by atoms with Gasteiger partial charge in [0.1, 0.15) is 5.82 Å². The third kappa shape index (κ3) is 4.08. The van der Waals surface area contributed by atoms with Crippen molar-refractivity contribution < 1.29 is 4.79 Å². The van der Waals surface area contributed by atoms with Gasteiger partial charge in [0, 0.05) is 12.1 Å². The van der Waals surface area contributed by atoms with Gasteiger partial charge in [-0.25, -0.2) is 4.98 Å². The van der Waals surface area contributed by atoms with Crippen LogP contribution < -0.4 is 5.32 Å². The Bertz CT molecular complexity index is 849. The summed E-state index contributed by atoms with van der Waals surface area (Å²) < 4.78 is 2.24. The van der Waals surface area contributed by atoms with Gasteiger partial charge in [-0.1, -0.05) is 49.6 Å². The number of fused-ring (bicyclic) bond motifs is 1. The number of hydrogen-bond acceptors (Lipinski definition) is 2. The van der Waals surface area contributed by atoms with Crippen molar-refractivity contribution in [1.29, 1.82) is 0 Å². The molecule has 1 heterocycles. The maximum Gasteiger partial charge on any atom is 0.251 e. The van der Waals surface area contributed by atoms with Crippen LogP contribution in [0.25, 0.3) is 11.0 Å². The zero-order valence-electron chi connectivity index (χ0n) is 15.0. The summed E-state index contributed by atoms with van der Waals surface area (Å²) in [4.78, 5) is 17.1. The van der Waals surface area contributed by atoms with Crippen LogP contribution >= 0.6 is 0 Å². The minimum Gasteiger partial charge on any atom is -0.345 e. The monoisotopic (exact) mass is 335 g/mol. The van der Waals surface area contributed by atoms with E-state index in [1.165, 1.54) is 12.8 Å². The fraction of sp³-hybridized carbons (Fsp3) is 0.333. The summed E-state index contributed by atoms with van der Waals surface area (Å²) in [5, 5.41) is 3.00. The molecule has 0 saturated carbocycles. The van der Waals surface area contributed by atoms with Crippen molar-refractivity contribution in [2.75, 3.05) is 0 Å². The van der Waals surface area contributed by atoms with E-state index >= 15 is 0 Å². The zero-order chi connectivity index (χ0) is 17.6. The number of amides is 1. The van der Waals surface area contributed by atoms with Crippen LogP contribution in [0, 0.1) is 6.92 Å². The molecule has 2 aromatic carbocycles. The van der Waals surface area contributed by atoms with E-state index in [9.17, 15) is 4.79 Å². The number of nitrogens with zero attached hydrogens (tertiary/aromatic N) is 2. The quantitative estimate of drug-likeness (QED) is 0.648. The third-order valence-electron chi connectivity index (χ3n) is 4.44. The average Bonchev–Trinajstić information content (AvgIpc) is 2.98. The highest BCUT2D eigenvalue weighted by molar-refractivity contribution is 5.94. The molecule has 25 heavy (non-hydrogen) atoms. The molecule has 0 atom stereocenters. The van der Waals surface area contributed by atoms with Gasteiger partial charge in [-0.2, -0.15) is 0 Å². The molecule has 0 spiro atoms. The minimum absolute atomic E-state index is 0.0628. The highest BCUT2D eigenvalue weighted by Crippen LogP contribution is 2.17. The lowest BCUT2D eigenvalue weighted by Gasteiger charge is -2.10. The van der Waals surface area contributed by atoms with E-state index in [2.05, 4.69) is 22.9 Å². The second-order valence-corrected chi connectivity index (χ2v) is 6.42. The largest absolute Gasteiger partial charge is 0.345 e. The Morgan fingerprint density at radius 1 is 1.08 bits per heavy atom. The molecule has 0 fully saturated rings. The predicted molar refractivity (Wildman–Crippen MR) is 102 cm³/mol. The number of hydrogen-bond donors (Lipinski definition) is 1. The smallest absolute Gasteiger partial charge is 0.251 e. The lowest BCUT2D eigenvalue weighted by atomic mass is 10.1. The van der Waals surface area contributed by atoms with Gasteiger partial charge in [0.05, 0.1) is 17.6 Å². The lowest BCUT2D eigenvalue weighted by molar-refractivity contribution is 0.0949. The fourth-order valence-corrected chi connectivity index (χ4v) is 3.00. The van der Waals surface area contributed by atoms with E-state index in [1.54, 1.807) is 0 Å². The van der Waals surface area contributed by atoms with E-state index < -0.39 is 0 Å². The molecule has 4 nitrogen and oxygen atoms in total. The Kier molecular flexibility index (Phi) is 5.49. The summed E-state index contributed by atoms with van der Waals surface area (Å²) in [5.41, 5.74) is 3.95. The van der Waals surface area contributed by atoms with Crippen LogP contribution in [0.4, 0.5) is 0 Å². The third-order valence-corrected chi connectivity index (χ3v) is 4.44. The average molecular weight is 335 g/mol. The molecule has 1 aromatic heterocycles. The first-order valence-corrected chi connectivity index (χ1v) is 8.98. The van der Waals surface area contributed by atoms with E-state index in [1.807, 2.05) is 49.4 Å². The molecule has 1 N–H and O–H groups in total. The maximum atomic E-state index is 12.4. The molecule has 3 aromatic rings. The number of benzene rings is 2. The molecule has 0 bridgehead atoms. The summed E-state index contributed by atoms with van der Waals surface area (Å²) in [5.74, 6) is 0.852. The standard InChI is InChI=1S/C21H25N3O/c1-3-4-7-14-24-19-9-6-5-8-18(19)23-20(24)15-22-21(25)17-12-10-16(2)11-13-17/h5-6,8-13H,3-4,7,14-15H2,1-2H3,(H,22,25). The van der Waals surface area contributed by atoms with Crippen LogP contribution in [0.15, 0.2) is 48.5 Å². The van der Waals surface area contributed by atoms with Crippen LogP contribution in [0.1, 0.15) is 47.9 Å². The van der Waals surface area contributed by atoms with Gasteiger partial charge in [0.25, 0.3) is 5.91 Å². The van der Waals surface area contributed by atoms with E-state index in [0.29, 0.717) is 12.1 Å². The second-order valence-electron chi connectivity index (χ2n) is 6.42. The van der Waals surface area contributed by atoms with Gasteiger partial charge in [-0.15, -0.1) is 0 Å². The molecule has 1 amide bonds. The Labute approximate surface area is 148 Å². The molecule has 0 aliphatic heterocycles. The first kappa shape index (κ1) is 17.2. The Hall–Kier alpha value is -2.62. The summed E-state index contributed by atoms with van der Waals surface area (Å²) in [6.07, 6.45) is 3.50. The first-order chi connectivity index (χ1) is 12.2. The predicted octanol–water partition coefficient (Wildman–Crippen LogP) is 4.46. The molecule has 0 unspecified atom stereocenters. The summed E-state index contributed by atoms with van der Waals surface area (Å²) in [7, 11) is 0. The number of carbonyl (C=O) groups is 1. The van der Waals surface area contributed by atoms with E-state index in [-0.39, 0.29) is 5.91 Å². The summed E-state index contributed by atoms with van der Waals surface area (Å²) >= 11 is 0. The van der Waals surface area contributed by atoms with Gasteiger partial charge in [-0.05, 0) is 37.6 Å². The van der Waals surface area contributed by atoms with Crippen LogP contribution in [-0.4, -0.2) is 15.5 Å². The molecular formula is C21H25N3O. The molecular weight excluding hydrogens is 310 g/mol. The number of rotatable bonds is 7. The van der Waals surface area contributed by atoms with Gasteiger partial charge in [0.2, 0.25) is 0 Å². The number of carbonyl (C=O) groups excluding carboxylic acids is 1. The van der Waals surface area contributed by atoms with Crippen molar-refractivity contribution in [3.63, 3.8) is 0 Å². The van der Waals surface area contributed by atoms with Gasteiger partial charge >= 0.3 is 0 Å². The molecule has 3 rings (SSSR count). The number of nitrogens with one attached hydrogen (secondary N) is 1. The second kappa shape index (κ2) is 7.97. The molecule has 0 saturated heterocycles.